The summed E-state index contributed by atoms with van der Waals surface area (Å²) >= 11 is 0. The van der Waals surface area contributed by atoms with Crippen LogP contribution in [-0.2, 0) is 0 Å². The Morgan fingerprint density at radius 2 is 2.00 bits per heavy atom. The lowest BCUT2D eigenvalue weighted by Gasteiger charge is -2.24. The van der Waals surface area contributed by atoms with Crippen molar-refractivity contribution < 1.29 is 0 Å². The smallest absolute Gasteiger partial charge is 0.0137 e. The largest absolute Gasteiger partial charge is 0.311 e. The lowest BCUT2D eigenvalue weighted by atomic mass is 9.85. The number of rotatable bonds is 5. The van der Waals surface area contributed by atoms with E-state index in [0.717, 1.165) is 12.5 Å². The fourth-order valence-electron chi connectivity index (χ4n) is 2.39. The van der Waals surface area contributed by atoms with E-state index in [1.165, 1.54) is 38.5 Å². The molecule has 14 heavy (non-hydrogen) atoms. The van der Waals surface area contributed by atoms with E-state index >= 15 is 0 Å². The Morgan fingerprint density at radius 3 is 2.64 bits per heavy atom. The summed E-state index contributed by atoms with van der Waals surface area (Å²) in [6.07, 6.45) is 13.0. The van der Waals surface area contributed by atoms with E-state index in [4.69, 9.17) is 0 Å². The molecule has 0 amide bonds. The lowest BCUT2D eigenvalue weighted by Crippen LogP contribution is -2.29. The molecule has 1 heteroatoms. The third kappa shape index (κ3) is 4.80. The Labute approximate surface area is 89.0 Å². The van der Waals surface area contributed by atoms with Crippen molar-refractivity contribution in [3.05, 3.63) is 12.2 Å². The molecule has 1 fully saturated rings. The van der Waals surface area contributed by atoms with Crippen LogP contribution in [0.4, 0.5) is 0 Å². The van der Waals surface area contributed by atoms with Gasteiger partial charge in [-0.1, -0.05) is 44.3 Å². The fraction of sp³-hybridized carbons (Fsp3) is 0.846. The summed E-state index contributed by atoms with van der Waals surface area (Å²) in [6.45, 7) is 5.43. The van der Waals surface area contributed by atoms with Crippen LogP contribution in [-0.4, -0.2) is 12.6 Å². The number of allylic oxidation sites excluding steroid dienone is 1. The maximum absolute atomic E-state index is 3.54. The van der Waals surface area contributed by atoms with E-state index in [0.29, 0.717) is 6.04 Å². The molecule has 0 saturated heterocycles. The second-order valence-corrected chi connectivity index (χ2v) is 4.62. The second-order valence-electron chi connectivity index (χ2n) is 4.62. The summed E-state index contributed by atoms with van der Waals surface area (Å²) in [5, 5.41) is 3.54. The van der Waals surface area contributed by atoms with Crippen LogP contribution in [0.2, 0.25) is 0 Å². The van der Waals surface area contributed by atoms with Gasteiger partial charge in [-0.05, 0) is 26.2 Å². The number of hydrogen-bond acceptors (Lipinski definition) is 1. The molecule has 1 aliphatic rings. The molecule has 0 aliphatic heterocycles. The maximum atomic E-state index is 3.54. The van der Waals surface area contributed by atoms with Crippen molar-refractivity contribution in [3.63, 3.8) is 0 Å². The van der Waals surface area contributed by atoms with Crippen LogP contribution >= 0.6 is 0 Å². The zero-order valence-corrected chi connectivity index (χ0v) is 9.76. The van der Waals surface area contributed by atoms with Gasteiger partial charge in [-0.25, -0.2) is 0 Å². The Bertz CT molecular complexity index is 157. The van der Waals surface area contributed by atoms with Gasteiger partial charge >= 0.3 is 0 Å². The van der Waals surface area contributed by atoms with Crippen LogP contribution < -0.4 is 5.32 Å². The van der Waals surface area contributed by atoms with Crippen molar-refractivity contribution in [2.75, 3.05) is 6.54 Å². The first-order valence-electron chi connectivity index (χ1n) is 6.17. The van der Waals surface area contributed by atoms with Gasteiger partial charge in [0.25, 0.3) is 0 Å². The molecular weight excluding hydrogens is 170 g/mol. The fourth-order valence-corrected chi connectivity index (χ4v) is 2.39. The highest BCUT2D eigenvalue weighted by Crippen LogP contribution is 2.27. The molecule has 0 radical (unpaired) electrons. The molecule has 1 nitrogen and oxygen atoms in total. The summed E-state index contributed by atoms with van der Waals surface area (Å²) in [7, 11) is 0. The average Bonchev–Trinajstić information content (AvgIpc) is 2.20. The van der Waals surface area contributed by atoms with Crippen LogP contribution in [0.5, 0.6) is 0 Å². The van der Waals surface area contributed by atoms with Gasteiger partial charge in [0.15, 0.2) is 0 Å². The van der Waals surface area contributed by atoms with Gasteiger partial charge in [0, 0.05) is 12.6 Å². The maximum Gasteiger partial charge on any atom is 0.0137 e. The Hall–Kier alpha value is -0.300. The molecule has 1 atom stereocenters. The van der Waals surface area contributed by atoms with Crippen molar-refractivity contribution in [2.45, 2.75) is 58.4 Å². The highest BCUT2D eigenvalue weighted by atomic mass is 14.9. The minimum atomic E-state index is 0.689. The molecule has 1 saturated carbocycles. The van der Waals surface area contributed by atoms with E-state index in [-0.39, 0.29) is 0 Å². The van der Waals surface area contributed by atoms with Crippen LogP contribution in [0.1, 0.15) is 52.4 Å². The van der Waals surface area contributed by atoms with E-state index in [9.17, 15) is 0 Å². The second kappa shape index (κ2) is 7.05. The number of hydrogen-bond donors (Lipinski definition) is 1. The monoisotopic (exact) mass is 195 g/mol. The van der Waals surface area contributed by atoms with Crippen molar-refractivity contribution in [3.8, 4) is 0 Å². The van der Waals surface area contributed by atoms with Crippen LogP contribution in [0.15, 0.2) is 12.2 Å². The lowest BCUT2D eigenvalue weighted by molar-refractivity contribution is 0.308. The van der Waals surface area contributed by atoms with Crippen LogP contribution in [0.25, 0.3) is 0 Å². The molecule has 0 spiro atoms. The summed E-state index contributed by atoms with van der Waals surface area (Å²) in [5.74, 6) is 0.997. The third-order valence-electron chi connectivity index (χ3n) is 3.23. The summed E-state index contributed by atoms with van der Waals surface area (Å²) in [4.78, 5) is 0. The molecule has 0 heterocycles. The summed E-state index contributed by atoms with van der Waals surface area (Å²) in [5.41, 5.74) is 0. The average molecular weight is 195 g/mol. The Balaban J connectivity index is 2.08. The molecule has 1 unspecified atom stereocenters. The van der Waals surface area contributed by atoms with Gasteiger partial charge in [-0.3, -0.25) is 0 Å². The van der Waals surface area contributed by atoms with Gasteiger partial charge in [0.1, 0.15) is 0 Å². The van der Waals surface area contributed by atoms with Gasteiger partial charge in [0.2, 0.25) is 0 Å². The van der Waals surface area contributed by atoms with Gasteiger partial charge in [0.05, 0.1) is 0 Å². The zero-order valence-electron chi connectivity index (χ0n) is 9.76. The molecule has 0 aromatic carbocycles. The van der Waals surface area contributed by atoms with E-state index in [1.54, 1.807) is 0 Å². The molecule has 82 valence electrons. The SMILES string of the molecule is C/C=C/CNC(C)CC1CCCCC1. The molecule has 0 bridgehead atoms. The molecule has 1 aliphatic carbocycles. The summed E-state index contributed by atoms with van der Waals surface area (Å²) in [6, 6.07) is 0.689. The van der Waals surface area contributed by atoms with E-state index in [1.807, 2.05) is 0 Å². The minimum Gasteiger partial charge on any atom is -0.311 e. The van der Waals surface area contributed by atoms with Crippen molar-refractivity contribution in [1.82, 2.24) is 5.32 Å². The molecule has 1 N–H and O–H groups in total. The van der Waals surface area contributed by atoms with Crippen molar-refractivity contribution in [2.24, 2.45) is 5.92 Å². The van der Waals surface area contributed by atoms with E-state index < -0.39 is 0 Å². The first-order valence-corrected chi connectivity index (χ1v) is 6.17. The number of nitrogens with one attached hydrogen (secondary N) is 1. The highest BCUT2D eigenvalue weighted by molar-refractivity contribution is 4.81. The van der Waals surface area contributed by atoms with Crippen LogP contribution in [0, 0.1) is 5.92 Å². The first-order chi connectivity index (χ1) is 6.83. The molecule has 0 aromatic heterocycles. The first kappa shape index (κ1) is 11.8. The zero-order chi connectivity index (χ0) is 10.2. The minimum absolute atomic E-state index is 0.689. The Morgan fingerprint density at radius 1 is 1.29 bits per heavy atom. The predicted molar refractivity (Wildman–Crippen MR) is 63.5 cm³/mol. The molecule has 0 aromatic rings. The van der Waals surface area contributed by atoms with Gasteiger partial charge in [-0.2, -0.15) is 0 Å². The third-order valence-corrected chi connectivity index (χ3v) is 3.23. The standard InChI is InChI=1S/C13H25N/c1-3-4-10-14-12(2)11-13-8-6-5-7-9-13/h3-4,12-14H,5-11H2,1-2H3/b4-3+. The topological polar surface area (TPSA) is 12.0 Å². The molecule has 1 rings (SSSR count). The molecular formula is C13H25N. The van der Waals surface area contributed by atoms with Crippen LogP contribution in [0.3, 0.4) is 0 Å². The Kier molecular flexibility index (Phi) is 5.93. The van der Waals surface area contributed by atoms with Crippen molar-refractivity contribution in [1.29, 1.82) is 0 Å². The highest BCUT2D eigenvalue weighted by Gasteiger charge is 2.15. The predicted octanol–water partition coefficient (Wildman–Crippen LogP) is 3.51. The quantitative estimate of drug-likeness (QED) is 0.662. The van der Waals surface area contributed by atoms with Gasteiger partial charge in [-0.15, -0.1) is 0 Å². The normalized spacial score (nSPS) is 21.6. The van der Waals surface area contributed by atoms with Crippen molar-refractivity contribution >= 4 is 0 Å². The summed E-state index contributed by atoms with van der Waals surface area (Å²) < 4.78 is 0. The van der Waals surface area contributed by atoms with Gasteiger partial charge < -0.3 is 5.32 Å². The van der Waals surface area contributed by atoms with E-state index in [2.05, 4.69) is 31.3 Å².